The first-order valence-electron chi connectivity index (χ1n) is 5.40. The molecule has 0 amide bonds. The Bertz CT molecular complexity index is 590. The molecule has 2 aromatic rings. The highest BCUT2D eigenvalue weighted by Crippen LogP contribution is 2.13. The van der Waals surface area contributed by atoms with Crippen molar-refractivity contribution in [3.8, 4) is 5.75 Å². The highest BCUT2D eigenvalue weighted by atomic mass is 16.5. The first kappa shape index (κ1) is 11.6. The largest absolute Gasteiger partial charge is 0.504 e. The van der Waals surface area contributed by atoms with E-state index in [9.17, 15) is 9.90 Å². The maximum absolute atomic E-state index is 11.8. The predicted octanol–water partition coefficient (Wildman–Crippen LogP) is 1.33. The van der Waals surface area contributed by atoms with Crippen molar-refractivity contribution in [2.45, 2.75) is 26.6 Å². The lowest BCUT2D eigenvalue weighted by molar-refractivity contribution is 0.0636. The second kappa shape index (κ2) is 4.55. The van der Waals surface area contributed by atoms with Gasteiger partial charge in [-0.15, -0.1) is 0 Å². The van der Waals surface area contributed by atoms with E-state index in [1.54, 1.807) is 12.3 Å². The van der Waals surface area contributed by atoms with Crippen molar-refractivity contribution in [2.24, 2.45) is 0 Å². The molecule has 0 spiro atoms. The van der Waals surface area contributed by atoms with Gasteiger partial charge in [-0.3, -0.25) is 9.20 Å². The summed E-state index contributed by atoms with van der Waals surface area (Å²) in [6.07, 6.45) is 1.64. The first-order valence-corrected chi connectivity index (χ1v) is 5.40. The van der Waals surface area contributed by atoms with Crippen LogP contribution >= 0.6 is 0 Å². The van der Waals surface area contributed by atoms with Crippen molar-refractivity contribution < 1.29 is 9.84 Å². The number of hydrogen-bond acceptors (Lipinski definition) is 4. The fourth-order valence-corrected chi connectivity index (χ4v) is 1.48. The third-order valence-corrected chi connectivity index (χ3v) is 2.29. The van der Waals surface area contributed by atoms with Crippen LogP contribution in [0.3, 0.4) is 0 Å². The van der Waals surface area contributed by atoms with Crippen molar-refractivity contribution in [2.75, 3.05) is 0 Å². The molecule has 0 aromatic carbocycles. The molecule has 0 atom stereocenters. The Morgan fingerprint density at radius 1 is 1.53 bits per heavy atom. The minimum absolute atomic E-state index is 0.0176. The fraction of sp³-hybridized carbons (Fsp3) is 0.333. The molecule has 0 saturated carbocycles. The normalized spacial score (nSPS) is 11.2. The molecule has 2 heterocycles. The van der Waals surface area contributed by atoms with E-state index in [1.807, 2.05) is 13.8 Å². The summed E-state index contributed by atoms with van der Waals surface area (Å²) in [5, 5.41) is 9.63. The standard InChI is InChI=1S/C12H14N2O3/c1-8(2)17-7-9-6-11(16)14-5-3-4-10(15)12(14)13-9/h3-6,8,15H,7H2,1-2H3. The molecule has 0 bridgehead atoms. The molecule has 0 unspecified atom stereocenters. The third-order valence-electron chi connectivity index (χ3n) is 2.29. The zero-order valence-electron chi connectivity index (χ0n) is 9.75. The highest BCUT2D eigenvalue weighted by Gasteiger charge is 2.06. The van der Waals surface area contributed by atoms with Crippen LogP contribution in [0.2, 0.25) is 0 Å². The zero-order valence-corrected chi connectivity index (χ0v) is 9.75. The SMILES string of the molecule is CC(C)OCc1cc(=O)n2cccc(O)c2n1. The van der Waals surface area contributed by atoms with Gasteiger partial charge in [0.05, 0.1) is 18.4 Å². The van der Waals surface area contributed by atoms with Gasteiger partial charge in [-0.05, 0) is 26.0 Å². The molecule has 90 valence electrons. The average Bonchev–Trinajstić information content (AvgIpc) is 2.28. The van der Waals surface area contributed by atoms with Crippen LogP contribution in [0.25, 0.3) is 5.65 Å². The summed E-state index contributed by atoms with van der Waals surface area (Å²) >= 11 is 0. The van der Waals surface area contributed by atoms with Crippen molar-refractivity contribution in [3.63, 3.8) is 0 Å². The maximum Gasteiger partial charge on any atom is 0.258 e. The predicted molar refractivity (Wildman–Crippen MR) is 63.1 cm³/mol. The zero-order chi connectivity index (χ0) is 12.4. The van der Waals surface area contributed by atoms with E-state index in [0.717, 1.165) is 0 Å². The molecule has 0 saturated heterocycles. The summed E-state index contributed by atoms with van der Waals surface area (Å²) in [5.74, 6) is -0.0176. The van der Waals surface area contributed by atoms with Crippen molar-refractivity contribution >= 4 is 5.65 Å². The highest BCUT2D eigenvalue weighted by molar-refractivity contribution is 5.52. The molecule has 2 aromatic heterocycles. The fourth-order valence-electron chi connectivity index (χ4n) is 1.48. The molecule has 0 radical (unpaired) electrons. The van der Waals surface area contributed by atoms with Crippen LogP contribution in [0.15, 0.2) is 29.2 Å². The quantitative estimate of drug-likeness (QED) is 0.870. The number of hydrogen-bond donors (Lipinski definition) is 1. The summed E-state index contributed by atoms with van der Waals surface area (Å²) in [5.41, 5.74) is 0.542. The average molecular weight is 234 g/mol. The molecule has 5 nitrogen and oxygen atoms in total. The number of ether oxygens (including phenoxy) is 1. The van der Waals surface area contributed by atoms with Crippen molar-refractivity contribution in [1.29, 1.82) is 0 Å². The van der Waals surface area contributed by atoms with Gasteiger partial charge in [0.1, 0.15) is 0 Å². The lowest BCUT2D eigenvalue weighted by atomic mass is 10.3. The van der Waals surface area contributed by atoms with Gasteiger partial charge < -0.3 is 9.84 Å². The van der Waals surface area contributed by atoms with E-state index in [0.29, 0.717) is 5.69 Å². The monoisotopic (exact) mass is 234 g/mol. The Balaban J connectivity index is 2.47. The van der Waals surface area contributed by atoms with Crippen LogP contribution in [0, 0.1) is 0 Å². The number of nitrogens with zero attached hydrogens (tertiary/aromatic N) is 2. The second-order valence-corrected chi connectivity index (χ2v) is 4.03. The summed E-state index contributed by atoms with van der Waals surface area (Å²) in [7, 11) is 0. The minimum atomic E-state index is -0.228. The minimum Gasteiger partial charge on any atom is -0.504 e. The maximum atomic E-state index is 11.8. The van der Waals surface area contributed by atoms with Gasteiger partial charge in [-0.25, -0.2) is 4.98 Å². The van der Waals surface area contributed by atoms with Crippen LogP contribution < -0.4 is 5.56 Å². The Kier molecular flexibility index (Phi) is 3.10. The van der Waals surface area contributed by atoms with Gasteiger partial charge in [0.25, 0.3) is 5.56 Å². The summed E-state index contributed by atoms with van der Waals surface area (Å²) in [4.78, 5) is 15.9. The summed E-state index contributed by atoms with van der Waals surface area (Å²) < 4.78 is 6.68. The van der Waals surface area contributed by atoms with Crippen LogP contribution in [0.4, 0.5) is 0 Å². The topological polar surface area (TPSA) is 63.8 Å². The van der Waals surface area contributed by atoms with Crippen molar-refractivity contribution in [1.82, 2.24) is 9.38 Å². The molecular formula is C12H14N2O3. The van der Waals surface area contributed by atoms with E-state index in [1.165, 1.54) is 16.5 Å². The van der Waals surface area contributed by atoms with Gasteiger partial charge in [0.15, 0.2) is 11.4 Å². The molecular weight excluding hydrogens is 220 g/mol. The van der Waals surface area contributed by atoms with Gasteiger partial charge in [0, 0.05) is 12.3 Å². The molecule has 2 rings (SSSR count). The van der Waals surface area contributed by atoms with Gasteiger partial charge in [-0.2, -0.15) is 0 Å². The van der Waals surface area contributed by atoms with Gasteiger partial charge in [0.2, 0.25) is 0 Å². The number of aromatic hydroxyl groups is 1. The Labute approximate surface area is 98.3 Å². The van der Waals surface area contributed by atoms with E-state index in [-0.39, 0.29) is 29.7 Å². The third kappa shape index (κ3) is 2.45. The van der Waals surface area contributed by atoms with E-state index in [4.69, 9.17) is 4.74 Å². The lowest BCUT2D eigenvalue weighted by Gasteiger charge is -2.08. The molecule has 0 aliphatic rings. The summed E-state index contributed by atoms with van der Waals surface area (Å²) in [6.45, 7) is 4.08. The molecule has 0 aliphatic carbocycles. The Morgan fingerprint density at radius 3 is 3.00 bits per heavy atom. The summed E-state index contributed by atoms with van der Waals surface area (Å²) in [6, 6.07) is 4.50. The molecule has 17 heavy (non-hydrogen) atoms. The molecule has 0 aliphatic heterocycles. The molecule has 1 N–H and O–H groups in total. The lowest BCUT2D eigenvalue weighted by Crippen LogP contribution is -2.16. The van der Waals surface area contributed by atoms with E-state index >= 15 is 0 Å². The number of aromatic nitrogens is 2. The Hall–Kier alpha value is -1.88. The number of fused-ring (bicyclic) bond motifs is 1. The van der Waals surface area contributed by atoms with Crippen LogP contribution in [-0.4, -0.2) is 20.6 Å². The second-order valence-electron chi connectivity index (χ2n) is 4.03. The molecule has 5 heteroatoms. The Morgan fingerprint density at radius 2 is 2.29 bits per heavy atom. The smallest absolute Gasteiger partial charge is 0.258 e. The van der Waals surface area contributed by atoms with Crippen LogP contribution in [0.5, 0.6) is 5.75 Å². The first-order chi connectivity index (χ1) is 8.08. The van der Waals surface area contributed by atoms with Gasteiger partial charge >= 0.3 is 0 Å². The molecule has 0 fully saturated rings. The number of rotatable bonds is 3. The van der Waals surface area contributed by atoms with E-state index in [2.05, 4.69) is 4.98 Å². The van der Waals surface area contributed by atoms with E-state index < -0.39 is 0 Å². The van der Waals surface area contributed by atoms with Crippen molar-refractivity contribution in [3.05, 3.63) is 40.4 Å². The van der Waals surface area contributed by atoms with Gasteiger partial charge in [-0.1, -0.05) is 0 Å². The van der Waals surface area contributed by atoms with Crippen LogP contribution in [-0.2, 0) is 11.3 Å². The van der Waals surface area contributed by atoms with Crippen LogP contribution in [0.1, 0.15) is 19.5 Å². The number of pyridine rings is 1.